The molecule has 0 N–H and O–H groups in total. The maximum Gasteiger partial charge on any atom is 0.0493 e. The second-order valence-corrected chi connectivity index (χ2v) is 5.37. The van der Waals surface area contributed by atoms with E-state index >= 15 is 0 Å². The summed E-state index contributed by atoms with van der Waals surface area (Å²) in [7, 11) is 0. The van der Waals surface area contributed by atoms with Gasteiger partial charge in [0.05, 0.1) is 0 Å². The third-order valence-electron chi connectivity index (χ3n) is 3.24. The number of fused-ring (bicyclic) bond motifs is 1. The first-order chi connectivity index (χ1) is 9.24. The average molecular weight is 287 g/mol. The molecule has 94 valence electrons. The lowest BCUT2D eigenvalue weighted by Crippen LogP contribution is -1.95. The van der Waals surface area contributed by atoms with Crippen LogP contribution in [-0.2, 0) is 6.42 Å². The van der Waals surface area contributed by atoms with Crippen molar-refractivity contribution in [1.29, 1.82) is 0 Å². The summed E-state index contributed by atoms with van der Waals surface area (Å²) >= 11 is 12.1. The van der Waals surface area contributed by atoms with Crippen molar-refractivity contribution in [1.82, 2.24) is 0 Å². The van der Waals surface area contributed by atoms with Crippen molar-refractivity contribution in [3.05, 3.63) is 81.4 Å². The van der Waals surface area contributed by atoms with E-state index in [1.165, 1.54) is 16.7 Å². The van der Waals surface area contributed by atoms with Gasteiger partial charge in [-0.15, -0.1) is 0 Å². The molecule has 0 saturated heterocycles. The molecule has 0 heterocycles. The van der Waals surface area contributed by atoms with Crippen LogP contribution in [0.1, 0.15) is 16.7 Å². The average Bonchev–Trinajstić information content (AvgIpc) is 2.42. The Hall–Kier alpha value is -1.50. The fraction of sp³-hybridized carbons (Fsp3) is 0.0588. The predicted molar refractivity (Wildman–Crippen MR) is 83.6 cm³/mol. The van der Waals surface area contributed by atoms with Gasteiger partial charge in [0.15, 0.2) is 0 Å². The molecular formula is C17H12Cl2. The Labute approximate surface area is 123 Å². The smallest absolute Gasteiger partial charge is 0.0493 e. The zero-order chi connectivity index (χ0) is 13.2. The zero-order valence-corrected chi connectivity index (χ0v) is 11.7. The van der Waals surface area contributed by atoms with E-state index in [2.05, 4.69) is 42.5 Å². The minimum absolute atomic E-state index is 0.659. The van der Waals surface area contributed by atoms with E-state index in [-0.39, 0.29) is 0 Å². The maximum absolute atomic E-state index is 6.22. The Morgan fingerprint density at radius 3 is 2.68 bits per heavy atom. The highest BCUT2D eigenvalue weighted by molar-refractivity contribution is 6.35. The van der Waals surface area contributed by atoms with E-state index in [0.717, 1.165) is 12.0 Å². The van der Waals surface area contributed by atoms with E-state index in [4.69, 9.17) is 23.2 Å². The second-order valence-electron chi connectivity index (χ2n) is 4.53. The van der Waals surface area contributed by atoms with E-state index in [1.54, 1.807) is 6.07 Å². The third-order valence-corrected chi connectivity index (χ3v) is 3.80. The standard InChI is InChI=1S/C17H12Cl2/c18-15-9-8-14(17(19)11-15)10-13-6-3-5-12-4-1-2-7-16(12)13/h1-4,6-11H,5H2. The third kappa shape index (κ3) is 2.60. The van der Waals surface area contributed by atoms with Gasteiger partial charge in [0.2, 0.25) is 0 Å². The molecule has 3 rings (SSSR count). The quantitative estimate of drug-likeness (QED) is 0.636. The van der Waals surface area contributed by atoms with Crippen molar-refractivity contribution in [2.24, 2.45) is 0 Å². The second kappa shape index (κ2) is 5.24. The summed E-state index contributed by atoms with van der Waals surface area (Å²) in [5.41, 5.74) is 4.80. The first-order valence-corrected chi connectivity index (χ1v) is 6.91. The monoisotopic (exact) mass is 286 g/mol. The first-order valence-electron chi connectivity index (χ1n) is 6.15. The van der Waals surface area contributed by atoms with Crippen LogP contribution in [0.4, 0.5) is 0 Å². The molecule has 0 aromatic heterocycles. The molecule has 0 unspecified atom stereocenters. The molecule has 0 spiro atoms. The van der Waals surface area contributed by atoms with Crippen molar-refractivity contribution >= 4 is 34.9 Å². The summed E-state index contributed by atoms with van der Waals surface area (Å²) in [6.45, 7) is 0. The number of benzene rings is 2. The van der Waals surface area contributed by atoms with Crippen molar-refractivity contribution in [2.75, 3.05) is 0 Å². The Morgan fingerprint density at radius 1 is 1.00 bits per heavy atom. The summed E-state index contributed by atoms with van der Waals surface area (Å²) in [4.78, 5) is 0. The summed E-state index contributed by atoms with van der Waals surface area (Å²) in [6, 6.07) is 14.0. The summed E-state index contributed by atoms with van der Waals surface area (Å²) in [6.07, 6.45) is 7.42. The van der Waals surface area contributed by atoms with Gasteiger partial charge < -0.3 is 0 Å². The van der Waals surface area contributed by atoms with Gasteiger partial charge in [-0.2, -0.15) is 0 Å². The molecule has 1 aliphatic carbocycles. The molecule has 0 nitrogen and oxygen atoms in total. The highest BCUT2D eigenvalue weighted by Crippen LogP contribution is 2.30. The Balaban J connectivity index is 2.08. The molecular weight excluding hydrogens is 275 g/mol. The van der Waals surface area contributed by atoms with Crippen LogP contribution in [-0.4, -0.2) is 0 Å². The SMILES string of the molecule is Clc1ccc(C=C2C=CCc3ccccc32)c(Cl)c1. The molecule has 0 atom stereocenters. The van der Waals surface area contributed by atoms with Gasteiger partial charge >= 0.3 is 0 Å². The van der Waals surface area contributed by atoms with Gasteiger partial charge in [0.1, 0.15) is 0 Å². The number of hydrogen-bond donors (Lipinski definition) is 0. The zero-order valence-electron chi connectivity index (χ0n) is 10.2. The lowest BCUT2D eigenvalue weighted by atomic mass is 9.91. The van der Waals surface area contributed by atoms with Gasteiger partial charge in [-0.25, -0.2) is 0 Å². The predicted octanol–water partition coefficient (Wildman–Crippen LogP) is 5.65. The lowest BCUT2D eigenvalue weighted by molar-refractivity contribution is 1.23. The van der Waals surface area contributed by atoms with Gasteiger partial charge in [0.25, 0.3) is 0 Å². The van der Waals surface area contributed by atoms with Crippen molar-refractivity contribution in [3.63, 3.8) is 0 Å². The van der Waals surface area contributed by atoms with Crippen LogP contribution >= 0.6 is 23.2 Å². The first kappa shape index (κ1) is 12.5. The molecule has 2 aromatic rings. The van der Waals surface area contributed by atoms with Crippen LogP contribution in [0.25, 0.3) is 11.6 Å². The largest absolute Gasteiger partial charge is 0.0843 e. The Morgan fingerprint density at radius 2 is 1.84 bits per heavy atom. The number of halogens is 2. The van der Waals surface area contributed by atoms with Crippen LogP contribution in [0, 0.1) is 0 Å². The highest BCUT2D eigenvalue weighted by atomic mass is 35.5. The van der Waals surface area contributed by atoms with Crippen LogP contribution in [0.2, 0.25) is 10.0 Å². The minimum Gasteiger partial charge on any atom is -0.0843 e. The number of rotatable bonds is 1. The van der Waals surface area contributed by atoms with Gasteiger partial charge in [-0.1, -0.05) is 65.7 Å². The van der Waals surface area contributed by atoms with E-state index in [1.807, 2.05) is 12.1 Å². The molecule has 19 heavy (non-hydrogen) atoms. The molecule has 2 aromatic carbocycles. The van der Waals surface area contributed by atoms with Crippen LogP contribution in [0.5, 0.6) is 0 Å². The van der Waals surface area contributed by atoms with Gasteiger partial charge in [-0.3, -0.25) is 0 Å². The fourth-order valence-electron chi connectivity index (χ4n) is 2.29. The Kier molecular flexibility index (Phi) is 3.46. The fourth-order valence-corrected chi connectivity index (χ4v) is 2.76. The van der Waals surface area contributed by atoms with Crippen LogP contribution in [0.3, 0.4) is 0 Å². The normalized spacial score (nSPS) is 15.6. The lowest BCUT2D eigenvalue weighted by Gasteiger charge is -2.14. The van der Waals surface area contributed by atoms with Gasteiger partial charge in [0, 0.05) is 10.0 Å². The molecule has 0 saturated carbocycles. The molecule has 0 amide bonds. The molecule has 0 aliphatic heterocycles. The van der Waals surface area contributed by atoms with Crippen molar-refractivity contribution in [3.8, 4) is 0 Å². The minimum atomic E-state index is 0.659. The molecule has 1 aliphatic rings. The van der Waals surface area contributed by atoms with Gasteiger partial charge in [-0.05, 0) is 46.9 Å². The van der Waals surface area contributed by atoms with E-state index in [0.29, 0.717) is 10.0 Å². The van der Waals surface area contributed by atoms with E-state index < -0.39 is 0 Å². The maximum atomic E-state index is 6.22. The number of hydrogen-bond acceptors (Lipinski definition) is 0. The topological polar surface area (TPSA) is 0 Å². The summed E-state index contributed by atoms with van der Waals surface area (Å²) in [5, 5.41) is 1.34. The van der Waals surface area contributed by atoms with Crippen molar-refractivity contribution < 1.29 is 0 Å². The summed E-state index contributed by atoms with van der Waals surface area (Å²) in [5.74, 6) is 0. The Bertz CT molecular complexity index is 681. The highest BCUT2D eigenvalue weighted by Gasteiger charge is 2.09. The molecule has 0 bridgehead atoms. The summed E-state index contributed by atoms with van der Waals surface area (Å²) < 4.78 is 0. The molecule has 2 heteroatoms. The van der Waals surface area contributed by atoms with Crippen LogP contribution in [0.15, 0.2) is 54.6 Å². The molecule has 0 fully saturated rings. The van der Waals surface area contributed by atoms with Crippen LogP contribution < -0.4 is 0 Å². The van der Waals surface area contributed by atoms with Crippen molar-refractivity contribution in [2.45, 2.75) is 6.42 Å². The molecule has 0 radical (unpaired) electrons. The number of allylic oxidation sites excluding steroid dienone is 3. The van der Waals surface area contributed by atoms with E-state index in [9.17, 15) is 0 Å².